The predicted molar refractivity (Wildman–Crippen MR) is 68.4 cm³/mol. The molecule has 0 saturated carbocycles. The molecule has 1 aliphatic rings. The molecule has 0 N–H and O–H groups in total. The molecule has 0 spiro atoms. The molecule has 1 aliphatic heterocycles. The van der Waals surface area contributed by atoms with Crippen LogP contribution in [0, 0.1) is 12.8 Å². The average molecular weight is 239 g/mol. The Morgan fingerprint density at radius 1 is 1.50 bits per heavy atom. The van der Waals surface area contributed by atoms with Crippen molar-refractivity contribution in [3.8, 4) is 5.75 Å². The molecule has 1 heterocycles. The van der Waals surface area contributed by atoms with Crippen LogP contribution in [0.25, 0.3) is 0 Å². The van der Waals surface area contributed by atoms with Crippen LogP contribution in [0.5, 0.6) is 5.75 Å². The van der Waals surface area contributed by atoms with E-state index < -0.39 is 0 Å². The van der Waals surface area contributed by atoms with Crippen molar-refractivity contribution >= 4 is 11.6 Å². The van der Waals surface area contributed by atoms with Gasteiger partial charge in [0.1, 0.15) is 11.9 Å². The first-order valence-electron chi connectivity index (χ1n) is 6.01. The van der Waals surface area contributed by atoms with E-state index in [9.17, 15) is 0 Å². The van der Waals surface area contributed by atoms with Gasteiger partial charge in [0, 0.05) is 12.3 Å². The van der Waals surface area contributed by atoms with Crippen LogP contribution in [-0.2, 0) is 6.42 Å². The van der Waals surface area contributed by atoms with Crippen molar-refractivity contribution in [1.29, 1.82) is 0 Å². The van der Waals surface area contributed by atoms with E-state index in [0.29, 0.717) is 12.0 Å². The molecule has 1 aromatic carbocycles. The highest BCUT2D eigenvalue weighted by molar-refractivity contribution is 6.18. The third-order valence-electron chi connectivity index (χ3n) is 3.20. The standard InChI is InChI=1S/C14H19ClO/c1-10-4-6-14-12(7-10)8-13(16-14)5-3-11(2)9-15/h4,6-7,11,13H,3,5,8-9H2,1-2H3. The molecule has 2 unspecified atom stereocenters. The highest BCUT2D eigenvalue weighted by atomic mass is 35.5. The van der Waals surface area contributed by atoms with Gasteiger partial charge in [-0.15, -0.1) is 11.6 Å². The number of rotatable bonds is 4. The molecule has 0 aromatic heterocycles. The summed E-state index contributed by atoms with van der Waals surface area (Å²) in [6.07, 6.45) is 3.69. The molecular weight excluding hydrogens is 220 g/mol. The van der Waals surface area contributed by atoms with Crippen molar-refractivity contribution in [1.82, 2.24) is 0 Å². The highest BCUT2D eigenvalue weighted by Crippen LogP contribution is 2.31. The van der Waals surface area contributed by atoms with Gasteiger partial charge in [0.2, 0.25) is 0 Å². The summed E-state index contributed by atoms with van der Waals surface area (Å²) in [5.74, 6) is 2.42. The van der Waals surface area contributed by atoms with Gasteiger partial charge >= 0.3 is 0 Å². The highest BCUT2D eigenvalue weighted by Gasteiger charge is 2.22. The number of hydrogen-bond donors (Lipinski definition) is 0. The fraction of sp³-hybridized carbons (Fsp3) is 0.571. The maximum absolute atomic E-state index is 5.91. The van der Waals surface area contributed by atoms with Gasteiger partial charge < -0.3 is 4.74 Å². The molecule has 2 atom stereocenters. The maximum Gasteiger partial charge on any atom is 0.123 e. The molecular formula is C14H19ClO. The molecule has 0 fully saturated rings. The smallest absolute Gasteiger partial charge is 0.123 e. The number of alkyl halides is 1. The molecule has 2 rings (SSSR count). The number of aryl methyl sites for hydroxylation is 1. The monoisotopic (exact) mass is 238 g/mol. The Balaban J connectivity index is 1.90. The van der Waals surface area contributed by atoms with Gasteiger partial charge in [0.05, 0.1) is 0 Å². The summed E-state index contributed by atoms with van der Waals surface area (Å²) in [5.41, 5.74) is 2.68. The van der Waals surface area contributed by atoms with Crippen LogP contribution in [0.2, 0.25) is 0 Å². The minimum atomic E-state index is 0.363. The number of ether oxygens (including phenoxy) is 1. The van der Waals surface area contributed by atoms with Gasteiger partial charge in [-0.1, -0.05) is 24.6 Å². The first-order valence-corrected chi connectivity index (χ1v) is 6.54. The fourth-order valence-corrected chi connectivity index (χ4v) is 2.31. The largest absolute Gasteiger partial charge is 0.490 e. The van der Waals surface area contributed by atoms with Gasteiger partial charge in [-0.3, -0.25) is 0 Å². The van der Waals surface area contributed by atoms with E-state index in [4.69, 9.17) is 16.3 Å². The van der Waals surface area contributed by atoms with Crippen molar-refractivity contribution in [2.75, 3.05) is 5.88 Å². The molecule has 16 heavy (non-hydrogen) atoms. The lowest BCUT2D eigenvalue weighted by Crippen LogP contribution is -2.14. The predicted octanol–water partition coefficient (Wildman–Crippen LogP) is 3.95. The lowest BCUT2D eigenvalue weighted by atomic mass is 10.0. The second-order valence-corrected chi connectivity index (χ2v) is 5.20. The van der Waals surface area contributed by atoms with Crippen LogP contribution in [0.4, 0.5) is 0 Å². The molecule has 0 radical (unpaired) electrons. The zero-order chi connectivity index (χ0) is 11.5. The number of halogens is 1. The molecule has 0 bridgehead atoms. The third-order valence-corrected chi connectivity index (χ3v) is 3.73. The normalized spacial score (nSPS) is 20.3. The molecule has 1 aromatic rings. The number of hydrogen-bond acceptors (Lipinski definition) is 1. The van der Waals surface area contributed by atoms with Crippen molar-refractivity contribution < 1.29 is 4.74 Å². The maximum atomic E-state index is 5.91. The van der Waals surface area contributed by atoms with Gasteiger partial charge in [-0.05, 0) is 37.3 Å². The van der Waals surface area contributed by atoms with Crippen LogP contribution in [0.1, 0.15) is 30.9 Å². The van der Waals surface area contributed by atoms with Crippen molar-refractivity contribution in [3.63, 3.8) is 0 Å². The van der Waals surface area contributed by atoms with Gasteiger partial charge in [-0.25, -0.2) is 0 Å². The molecule has 0 amide bonds. The Labute approximate surface area is 103 Å². The summed E-state index contributed by atoms with van der Waals surface area (Å²) < 4.78 is 5.91. The quantitative estimate of drug-likeness (QED) is 0.722. The second-order valence-electron chi connectivity index (χ2n) is 4.89. The minimum Gasteiger partial charge on any atom is -0.490 e. The van der Waals surface area contributed by atoms with Crippen LogP contribution in [0.3, 0.4) is 0 Å². The average Bonchev–Trinajstić information content (AvgIpc) is 2.67. The molecule has 0 aliphatic carbocycles. The zero-order valence-electron chi connectivity index (χ0n) is 10.0. The number of benzene rings is 1. The second kappa shape index (κ2) is 5.09. The third kappa shape index (κ3) is 2.70. The van der Waals surface area contributed by atoms with Crippen molar-refractivity contribution in [2.24, 2.45) is 5.92 Å². The van der Waals surface area contributed by atoms with E-state index in [1.807, 2.05) is 0 Å². The SMILES string of the molecule is Cc1ccc2c(c1)CC(CCC(C)CCl)O2. The van der Waals surface area contributed by atoms with E-state index in [0.717, 1.165) is 30.9 Å². The Kier molecular flexibility index (Phi) is 3.75. The number of fused-ring (bicyclic) bond motifs is 1. The lowest BCUT2D eigenvalue weighted by Gasteiger charge is -2.12. The van der Waals surface area contributed by atoms with E-state index in [1.54, 1.807) is 0 Å². The Bertz CT molecular complexity index is 362. The lowest BCUT2D eigenvalue weighted by molar-refractivity contribution is 0.211. The molecule has 2 heteroatoms. The fourth-order valence-electron chi connectivity index (χ4n) is 2.16. The van der Waals surface area contributed by atoms with E-state index in [1.165, 1.54) is 11.1 Å². The van der Waals surface area contributed by atoms with Crippen LogP contribution in [0.15, 0.2) is 18.2 Å². The van der Waals surface area contributed by atoms with Gasteiger partial charge in [0.25, 0.3) is 0 Å². The summed E-state index contributed by atoms with van der Waals surface area (Å²) in [7, 11) is 0. The Hall–Kier alpha value is -0.690. The summed E-state index contributed by atoms with van der Waals surface area (Å²) >= 11 is 5.81. The van der Waals surface area contributed by atoms with Gasteiger partial charge in [-0.2, -0.15) is 0 Å². The topological polar surface area (TPSA) is 9.23 Å². The first kappa shape index (κ1) is 11.8. The molecule has 88 valence electrons. The van der Waals surface area contributed by atoms with Crippen LogP contribution in [-0.4, -0.2) is 12.0 Å². The summed E-state index contributed by atoms with van der Waals surface area (Å²) in [4.78, 5) is 0. The Morgan fingerprint density at radius 3 is 3.06 bits per heavy atom. The summed E-state index contributed by atoms with van der Waals surface area (Å²) in [6, 6.07) is 6.44. The Morgan fingerprint density at radius 2 is 2.31 bits per heavy atom. The molecule has 0 saturated heterocycles. The van der Waals surface area contributed by atoms with Crippen molar-refractivity contribution in [3.05, 3.63) is 29.3 Å². The first-order chi connectivity index (χ1) is 7.69. The summed E-state index contributed by atoms with van der Waals surface area (Å²) in [5, 5.41) is 0. The van der Waals surface area contributed by atoms with E-state index in [2.05, 4.69) is 32.0 Å². The van der Waals surface area contributed by atoms with Gasteiger partial charge in [0.15, 0.2) is 0 Å². The van der Waals surface area contributed by atoms with Crippen LogP contribution < -0.4 is 4.74 Å². The minimum absolute atomic E-state index is 0.363. The van der Waals surface area contributed by atoms with Crippen molar-refractivity contribution in [2.45, 2.75) is 39.2 Å². The van der Waals surface area contributed by atoms with E-state index in [-0.39, 0.29) is 0 Å². The van der Waals surface area contributed by atoms with E-state index >= 15 is 0 Å². The zero-order valence-corrected chi connectivity index (χ0v) is 10.8. The summed E-state index contributed by atoms with van der Waals surface area (Å²) in [6.45, 7) is 4.32. The molecule has 1 nitrogen and oxygen atoms in total. The van der Waals surface area contributed by atoms with Crippen LogP contribution >= 0.6 is 11.6 Å².